The highest BCUT2D eigenvalue weighted by atomic mass is 16.5. The van der Waals surface area contributed by atoms with Crippen molar-refractivity contribution in [1.82, 2.24) is 5.32 Å². The first kappa shape index (κ1) is 15.5. The normalized spacial score (nSPS) is 12.2. The Morgan fingerprint density at radius 1 is 1.37 bits per heavy atom. The standard InChI is InChI=1S/C15H23NO3/c1-10(15(17)18)9-16-8-7-13-5-6-14(19-4)12(3)11(13)2/h5-6,10,16H,7-9H2,1-4H3,(H,17,18). The van der Waals surface area contributed by atoms with Gasteiger partial charge in [-0.3, -0.25) is 4.79 Å². The molecule has 1 atom stereocenters. The zero-order valence-corrected chi connectivity index (χ0v) is 12.1. The number of nitrogens with one attached hydrogen (secondary N) is 1. The number of carbonyl (C=O) groups is 1. The van der Waals surface area contributed by atoms with Crippen molar-refractivity contribution >= 4 is 5.97 Å². The van der Waals surface area contributed by atoms with Crippen molar-refractivity contribution in [2.24, 2.45) is 5.92 Å². The molecule has 4 heteroatoms. The molecule has 19 heavy (non-hydrogen) atoms. The molecular formula is C15H23NO3. The number of hydrogen-bond acceptors (Lipinski definition) is 3. The zero-order chi connectivity index (χ0) is 14.4. The Morgan fingerprint density at radius 2 is 2.05 bits per heavy atom. The van der Waals surface area contributed by atoms with Crippen LogP contribution in [0.3, 0.4) is 0 Å². The lowest BCUT2D eigenvalue weighted by atomic mass is 10.00. The van der Waals surface area contributed by atoms with Crippen molar-refractivity contribution < 1.29 is 14.6 Å². The quantitative estimate of drug-likeness (QED) is 0.742. The average molecular weight is 265 g/mol. The summed E-state index contributed by atoms with van der Waals surface area (Å²) in [5, 5.41) is 12.0. The van der Waals surface area contributed by atoms with Crippen LogP contribution in [0, 0.1) is 19.8 Å². The zero-order valence-electron chi connectivity index (χ0n) is 12.1. The van der Waals surface area contributed by atoms with Gasteiger partial charge in [-0.05, 0) is 49.6 Å². The number of rotatable bonds is 7. The fraction of sp³-hybridized carbons (Fsp3) is 0.533. The molecule has 0 radical (unpaired) electrons. The van der Waals surface area contributed by atoms with Gasteiger partial charge in [0.15, 0.2) is 0 Å². The SMILES string of the molecule is COc1ccc(CCNCC(C)C(=O)O)c(C)c1C. The highest BCUT2D eigenvalue weighted by Crippen LogP contribution is 2.23. The Morgan fingerprint density at radius 3 is 2.63 bits per heavy atom. The van der Waals surface area contributed by atoms with E-state index in [9.17, 15) is 4.79 Å². The summed E-state index contributed by atoms with van der Waals surface area (Å²) in [6.07, 6.45) is 0.892. The van der Waals surface area contributed by atoms with Crippen molar-refractivity contribution in [1.29, 1.82) is 0 Å². The minimum atomic E-state index is -0.760. The number of benzene rings is 1. The molecule has 0 aliphatic heterocycles. The van der Waals surface area contributed by atoms with Crippen LogP contribution in [0.5, 0.6) is 5.75 Å². The molecule has 0 aliphatic carbocycles. The second kappa shape index (κ2) is 7.14. The van der Waals surface area contributed by atoms with Crippen LogP contribution in [0.4, 0.5) is 0 Å². The molecule has 1 rings (SSSR count). The predicted molar refractivity (Wildman–Crippen MR) is 75.8 cm³/mol. The van der Waals surface area contributed by atoms with E-state index < -0.39 is 5.97 Å². The Kier molecular flexibility index (Phi) is 5.83. The average Bonchev–Trinajstić information content (AvgIpc) is 2.39. The van der Waals surface area contributed by atoms with E-state index >= 15 is 0 Å². The van der Waals surface area contributed by atoms with Crippen LogP contribution in [-0.4, -0.2) is 31.3 Å². The van der Waals surface area contributed by atoms with Crippen LogP contribution in [0.2, 0.25) is 0 Å². The summed E-state index contributed by atoms with van der Waals surface area (Å²) >= 11 is 0. The molecule has 0 heterocycles. The maximum absolute atomic E-state index is 10.7. The van der Waals surface area contributed by atoms with Gasteiger partial charge in [0.1, 0.15) is 5.75 Å². The lowest BCUT2D eigenvalue weighted by Crippen LogP contribution is -2.28. The van der Waals surface area contributed by atoms with Crippen LogP contribution in [0.1, 0.15) is 23.6 Å². The number of carboxylic acid groups (broad SMARTS) is 1. The fourth-order valence-corrected chi connectivity index (χ4v) is 1.97. The molecule has 0 bridgehead atoms. The van der Waals surface area contributed by atoms with Crippen molar-refractivity contribution in [3.05, 3.63) is 28.8 Å². The molecule has 0 aliphatic rings. The van der Waals surface area contributed by atoms with Gasteiger partial charge < -0.3 is 15.2 Å². The predicted octanol–water partition coefficient (Wildman–Crippen LogP) is 2.16. The van der Waals surface area contributed by atoms with E-state index in [2.05, 4.69) is 25.2 Å². The van der Waals surface area contributed by atoms with Gasteiger partial charge in [0.05, 0.1) is 13.0 Å². The summed E-state index contributed by atoms with van der Waals surface area (Å²) in [5.74, 6) is -0.198. The maximum atomic E-state index is 10.7. The maximum Gasteiger partial charge on any atom is 0.307 e. The summed E-state index contributed by atoms with van der Waals surface area (Å²) in [5.41, 5.74) is 3.68. The summed E-state index contributed by atoms with van der Waals surface area (Å²) in [6, 6.07) is 4.06. The van der Waals surface area contributed by atoms with Gasteiger partial charge in [0, 0.05) is 6.54 Å². The summed E-state index contributed by atoms with van der Waals surface area (Å²) in [4.78, 5) is 10.7. The number of ether oxygens (including phenoxy) is 1. The second-order valence-corrected chi connectivity index (χ2v) is 4.87. The summed E-state index contributed by atoms with van der Waals surface area (Å²) in [6.45, 7) is 7.14. The van der Waals surface area contributed by atoms with E-state index in [1.807, 2.05) is 6.07 Å². The highest BCUT2D eigenvalue weighted by Gasteiger charge is 2.10. The largest absolute Gasteiger partial charge is 0.496 e. The molecule has 0 amide bonds. The van der Waals surface area contributed by atoms with Crippen molar-refractivity contribution in [3.8, 4) is 5.75 Å². The van der Waals surface area contributed by atoms with Crippen LogP contribution >= 0.6 is 0 Å². The molecule has 0 fully saturated rings. The third-order valence-electron chi connectivity index (χ3n) is 3.51. The van der Waals surface area contributed by atoms with Gasteiger partial charge in [-0.15, -0.1) is 0 Å². The second-order valence-electron chi connectivity index (χ2n) is 4.87. The van der Waals surface area contributed by atoms with Crippen LogP contribution < -0.4 is 10.1 Å². The molecule has 1 aromatic rings. The lowest BCUT2D eigenvalue weighted by molar-refractivity contribution is -0.140. The van der Waals surface area contributed by atoms with Gasteiger partial charge in [-0.25, -0.2) is 0 Å². The lowest BCUT2D eigenvalue weighted by Gasteiger charge is -2.13. The van der Waals surface area contributed by atoms with Crippen molar-refractivity contribution in [2.75, 3.05) is 20.2 Å². The van der Waals surface area contributed by atoms with Crippen molar-refractivity contribution in [2.45, 2.75) is 27.2 Å². The minimum absolute atomic E-state index is 0.348. The highest BCUT2D eigenvalue weighted by molar-refractivity contribution is 5.69. The number of carboxylic acids is 1. The molecule has 2 N–H and O–H groups in total. The summed E-state index contributed by atoms with van der Waals surface area (Å²) < 4.78 is 5.28. The topological polar surface area (TPSA) is 58.6 Å². The van der Waals surface area contributed by atoms with E-state index in [1.54, 1.807) is 14.0 Å². The van der Waals surface area contributed by atoms with Gasteiger partial charge in [-0.2, -0.15) is 0 Å². The Balaban J connectivity index is 2.50. The molecule has 0 aromatic heterocycles. The van der Waals surface area contributed by atoms with Gasteiger partial charge in [-0.1, -0.05) is 13.0 Å². The van der Waals surface area contributed by atoms with E-state index in [1.165, 1.54) is 16.7 Å². The molecule has 0 spiro atoms. The van der Waals surface area contributed by atoms with Crippen LogP contribution in [0.15, 0.2) is 12.1 Å². The first-order valence-corrected chi connectivity index (χ1v) is 6.54. The third kappa shape index (κ3) is 4.24. The molecule has 4 nitrogen and oxygen atoms in total. The smallest absolute Gasteiger partial charge is 0.307 e. The molecule has 106 valence electrons. The molecule has 1 aromatic carbocycles. The van der Waals surface area contributed by atoms with Gasteiger partial charge in [0.25, 0.3) is 0 Å². The molecular weight excluding hydrogens is 242 g/mol. The van der Waals surface area contributed by atoms with Gasteiger partial charge in [0.2, 0.25) is 0 Å². The fourth-order valence-electron chi connectivity index (χ4n) is 1.97. The number of hydrogen-bond donors (Lipinski definition) is 2. The Bertz CT molecular complexity index is 443. The first-order chi connectivity index (χ1) is 8.97. The van der Waals surface area contributed by atoms with E-state index in [0.29, 0.717) is 6.54 Å². The minimum Gasteiger partial charge on any atom is -0.496 e. The van der Waals surface area contributed by atoms with Crippen molar-refractivity contribution in [3.63, 3.8) is 0 Å². The Labute approximate surface area is 114 Å². The summed E-state index contributed by atoms with van der Waals surface area (Å²) in [7, 11) is 1.68. The molecule has 0 saturated carbocycles. The number of methoxy groups -OCH3 is 1. The molecule has 1 unspecified atom stereocenters. The monoisotopic (exact) mass is 265 g/mol. The third-order valence-corrected chi connectivity index (χ3v) is 3.51. The van der Waals surface area contributed by atoms with Crippen LogP contribution in [-0.2, 0) is 11.2 Å². The Hall–Kier alpha value is -1.55. The van der Waals surface area contributed by atoms with E-state index in [-0.39, 0.29) is 5.92 Å². The van der Waals surface area contributed by atoms with Gasteiger partial charge >= 0.3 is 5.97 Å². The number of aliphatic carboxylic acids is 1. The van der Waals surface area contributed by atoms with E-state index in [4.69, 9.17) is 9.84 Å². The van der Waals surface area contributed by atoms with Crippen LogP contribution in [0.25, 0.3) is 0 Å². The first-order valence-electron chi connectivity index (χ1n) is 6.54. The molecule has 0 saturated heterocycles. The van der Waals surface area contributed by atoms with E-state index in [0.717, 1.165) is 18.7 Å².